The molecule has 1 heterocycles. The number of nitrogens with zero attached hydrogens (tertiary/aromatic N) is 1. The van der Waals surface area contributed by atoms with Crippen LogP contribution in [-0.2, 0) is 6.42 Å². The molecular weight excluding hydrogens is 302 g/mol. The highest BCUT2D eigenvalue weighted by molar-refractivity contribution is 5.35. The molecule has 0 radical (unpaired) electrons. The number of likely N-dealkylation sites (tertiary alicyclic amines) is 1. The van der Waals surface area contributed by atoms with Crippen LogP contribution >= 0.6 is 0 Å². The highest BCUT2D eigenvalue weighted by Gasteiger charge is 2.28. The minimum absolute atomic E-state index is 0.539. The summed E-state index contributed by atoms with van der Waals surface area (Å²) >= 11 is 0. The summed E-state index contributed by atoms with van der Waals surface area (Å²) in [5.41, 5.74) is 13.3. The first kappa shape index (κ1) is 17.4. The first-order valence-electron chi connectivity index (χ1n) is 9.17. The molecule has 1 aliphatic carbocycles. The summed E-state index contributed by atoms with van der Waals surface area (Å²) in [6.07, 6.45) is 13.7. The van der Waals surface area contributed by atoms with Crippen molar-refractivity contribution in [1.29, 1.82) is 0 Å². The summed E-state index contributed by atoms with van der Waals surface area (Å²) < 4.78 is 0. The zero-order valence-electron chi connectivity index (χ0n) is 15.4. The van der Waals surface area contributed by atoms with Gasteiger partial charge in [-0.1, -0.05) is 43.0 Å². The maximum absolute atomic E-state index is 3.99. The molecule has 1 aromatic rings. The van der Waals surface area contributed by atoms with Crippen LogP contribution in [0.15, 0.2) is 77.9 Å². The lowest BCUT2D eigenvalue weighted by Crippen LogP contribution is -2.20. The maximum Gasteiger partial charge on any atom is 0.0593 e. The Morgan fingerprint density at radius 3 is 2.80 bits per heavy atom. The van der Waals surface area contributed by atoms with Crippen LogP contribution in [0.5, 0.6) is 0 Å². The first-order valence-corrected chi connectivity index (χ1v) is 9.17. The number of aryl methyl sites for hydroxylation is 2. The molecule has 0 N–H and O–H groups in total. The van der Waals surface area contributed by atoms with Crippen molar-refractivity contribution >= 4 is 0 Å². The fraction of sp³-hybridized carbons (Fsp3) is 0.333. The van der Waals surface area contributed by atoms with Gasteiger partial charge in [-0.05, 0) is 67.5 Å². The van der Waals surface area contributed by atoms with Gasteiger partial charge in [0.25, 0.3) is 0 Å². The summed E-state index contributed by atoms with van der Waals surface area (Å²) in [6, 6.07) is 6.59. The Morgan fingerprint density at radius 1 is 1.24 bits per heavy atom. The second-order valence-corrected chi connectivity index (χ2v) is 6.96. The molecule has 3 rings (SSSR count). The summed E-state index contributed by atoms with van der Waals surface area (Å²) in [7, 11) is 0. The van der Waals surface area contributed by atoms with Gasteiger partial charge in [0.05, 0.1) is 5.70 Å². The number of allylic oxidation sites excluding steroid dienone is 5. The smallest absolute Gasteiger partial charge is 0.0593 e. The van der Waals surface area contributed by atoms with E-state index in [2.05, 4.69) is 73.2 Å². The van der Waals surface area contributed by atoms with Gasteiger partial charge in [0.15, 0.2) is 0 Å². The summed E-state index contributed by atoms with van der Waals surface area (Å²) in [4.78, 5) is 2.47. The van der Waals surface area contributed by atoms with Crippen molar-refractivity contribution in [3.63, 3.8) is 0 Å². The third kappa shape index (κ3) is 4.15. The molecular formula is C24H27N. The van der Waals surface area contributed by atoms with Crippen molar-refractivity contribution in [2.75, 3.05) is 13.1 Å². The van der Waals surface area contributed by atoms with E-state index in [1.54, 1.807) is 0 Å². The minimum atomic E-state index is 0.539. The molecule has 1 unspecified atom stereocenters. The molecule has 1 nitrogen and oxygen atoms in total. The van der Waals surface area contributed by atoms with Gasteiger partial charge in [-0.2, -0.15) is 0 Å². The van der Waals surface area contributed by atoms with Crippen molar-refractivity contribution in [2.24, 2.45) is 5.92 Å². The van der Waals surface area contributed by atoms with Gasteiger partial charge in [-0.15, -0.1) is 11.5 Å². The van der Waals surface area contributed by atoms with Crippen molar-refractivity contribution < 1.29 is 0 Å². The number of benzene rings is 1. The third-order valence-electron chi connectivity index (χ3n) is 5.32. The average Bonchev–Trinajstić information content (AvgIpc) is 2.80. The second kappa shape index (κ2) is 8.08. The van der Waals surface area contributed by atoms with E-state index in [9.17, 15) is 0 Å². The fourth-order valence-corrected chi connectivity index (χ4v) is 3.86. The fourth-order valence-electron chi connectivity index (χ4n) is 3.86. The predicted molar refractivity (Wildman–Crippen MR) is 106 cm³/mol. The zero-order valence-corrected chi connectivity index (χ0v) is 15.4. The van der Waals surface area contributed by atoms with E-state index in [4.69, 9.17) is 0 Å². The lowest BCUT2D eigenvalue weighted by molar-refractivity contribution is 0.394. The Labute approximate surface area is 152 Å². The van der Waals surface area contributed by atoms with E-state index in [0.717, 1.165) is 25.9 Å². The van der Waals surface area contributed by atoms with Gasteiger partial charge in [-0.25, -0.2) is 0 Å². The number of rotatable bonds is 5. The SMILES string of the molecule is C=C=C1C(Cc2c(C)cccc2C)CCN1CCC1=CC=C=CC=C1. The first-order chi connectivity index (χ1) is 12.2. The molecule has 0 amide bonds. The predicted octanol–water partition coefficient (Wildman–Crippen LogP) is 5.43. The molecule has 0 aromatic heterocycles. The molecule has 1 saturated heterocycles. The van der Waals surface area contributed by atoms with Crippen molar-refractivity contribution in [3.05, 3.63) is 94.6 Å². The Balaban J connectivity index is 1.66. The third-order valence-corrected chi connectivity index (χ3v) is 5.32. The van der Waals surface area contributed by atoms with Crippen LogP contribution in [-0.4, -0.2) is 18.0 Å². The number of hydrogen-bond acceptors (Lipinski definition) is 1. The Morgan fingerprint density at radius 2 is 2.04 bits per heavy atom. The molecule has 128 valence electrons. The molecule has 0 bridgehead atoms. The van der Waals surface area contributed by atoms with Crippen molar-refractivity contribution in [2.45, 2.75) is 33.1 Å². The van der Waals surface area contributed by atoms with E-state index in [-0.39, 0.29) is 0 Å². The minimum Gasteiger partial charge on any atom is -0.368 e. The highest BCUT2D eigenvalue weighted by atomic mass is 15.2. The van der Waals surface area contributed by atoms with Crippen molar-refractivity contribution in [3.8, 4) is 0 Å². The van der Waals surface area contributed by atoms with Gasteiger partial charge < -0.3 is 4.90 Å². The van der Waals surface area contributed by atoms with Crippen LogP contribution in [0.25, 0.3) is 0 Å². The molecule has 1 fully saturated rings. The van der Waals surface area contributed by atoms with E-state index < -0.39 is 0 Å². The number of hydrogen-bond donors (Lipinski definition) is 0. The molecule has 1 heteroatoms. The van der Waals surface area contributed by atoms with E-state index in [1.165, 1.54) is 34.4 Å². The quantitative estimate of drug-likeness (QED) is 0.651. The van der Waals surface area contributed by atoms with Crippen LogP contribution in [0.4, 0.5) is 0 Å². The Kier molecular flexibility index (Phi) is 5.61. The van der Waals surface area contributed by atoms with Crippen molar-refractivity contribution in [1.82, 2.24) is 4.90 Å². The summed E-state index contributed by atoms with van der Waals surface area (Å²) in [5.74, 6) is 0.539. The average molecular weight is 329 g/mol. The normalized spacial score (nSPS) is 19.1. The van der Waals surface area contributed by atoms with Gasteiger partial charge in [-0.3, -0.25) is 0 Å². The van der Waals surface area contributed by atoms with E-state index in [0.29, 0.717) is 5.92 Å². The largest absolute Gasteiger partial charge is 0.368 e. The molecule has 1 atom stereocenters. The standard InChI is InChI=1S/C24H27N/c1-4-24-22(18-23-19(2)10-9-11-20(23)3)15-17-25(24)16-14-21-12-7-5-6-8-13-21/h5,7-13,22H,1,14-18H2,2-3H3. The monoisotopic (exact) mass is 329 g/mol. The molecule has 0 spiro atoms. The molecule has 0 saturated carbocycles. The topological polar surface area (TPSA) is 3.24 Å². The lowest BCUT2D eigenvalue weighted by atomic mass is 9.91. The lowest BCUT2D eigenvalue weighted by Gasteiger charge is -2.22. The zero-order chi connectivity index (χ0) is 17.6. The highest BCUT2D eigenvalue weighted by Crippen LogP contribution is 2.32. The van der Waals surface area contributed by atoms with Crippen LogP contribution in [0.2, 0.25) is 0 Å². The maximum atomic E-state index is 3.99. The summed E-state index contributed by atoms with van der Waals surface area (Å²) in [6.45, 7) is 10.6. The van der Waals surface area contributed by atoms with Gasteiger partial charge in [0.1, 0.15) is 0 Å². The molecule has 25 heavy (non-hydrogen) atoms. The van der Waals surface area contributed by atoms with E-state index in [1.807, 2.05) is 12.2 Å². The molecule has 1 aromatic carbocycles. The molecule has 2 aliphatic rings. The van der Waals surface area contributed by atoms with E-state index >= 15 is 0 Å². The Hall–Kier alpha value is -2.46. The molecule has 1 aliphatic heterocycles. The van der Waals surface area contributed by atoms with Crippen LogP contribution < -0.4 is 0 Å². The second-order valence-electron chi connectivity index (χ2n) is 6.96. The van der Waals surface area contributed by atoms with Gasteiger partial charge >= 0.3 is 0 Å². The van der Waals surface area contributed by atoms with Crippen LogP contribution in [0.3, 0.4) is 0 Å². The Bertz CT molecular complexity index is 788. The van der Waals surface area contributed by atoms with Crippen LogP contribution in [0, 0.1) is 19.8 Å². The van der Waals surface area contributed by atoms with Gasteiger partial charge in [0.2, 0.25) is 0 Å². The summed E-state index contributed by atoms with van der Waals surface area (Å²) in [5, 5.41) is 0. The van der Waals surface area contributed by atoms with Gasteiger partial charge in [0, 0.05) is 19.0 Å². The van der Waals surface area contributed by atoms with Crippen LogP contribution in [0.1, 0.15) is 29.5 Å².